The summed E-state index contributed by atoms with van der Waals surface area (Å²) >= 11 is 0. The summed E-state index contributed by atoms with van der Waals surface area (Å²) in [5.74, 6) is -2.11. The van der Waals surface area contributed by atoms with Gasteiger partial charge in [-0.3, -0.25) is 20.4 Å². The molecule has 0 atom stereocenters. The van der Waals surface area contributed by atoms with Crippen molar-refractivity contribution in [2.24, 2.45) is 5.92 Å². The second kappa shape index (κ2) is 4.40. The molecule has 0 unspecified atom stereocenters. The molecular formula is C8H10N2O4. The molecule has 6 nitrogen and oxygen atoms in total. The van der Waals surface area contributed by atoms with Crippen LogP contribution in [0.5, 0.6) is 0 Å². The maximum absolute atomic E-state index is 11.0. The van der Waals surface area contributed by atoms with Crippen molar-refractivity contribution in [3.05, 3.63) is 12.2 Å². The van der Waals surface area contributed by atoms with E-state index in [0.29, 0.717) is 6.08 Å². The first-order valence-corrected chi connectivity index (χ1v) is 4.10. The first kappa shape index (κ1) is 10.2. The minimum atomic E-state index is -1.21. The van der Waals surface area contributed by atoms with Crippen molar-refractivity contribution in [3.8, 4) is 0 Å². The zero-order chi connectivity index (χ0) is 10.6. The highest BCUT2D eigenvalue weighted by molar-refractivity contribution is 5.95. The summed E-state index contributed by atoms with van der Waals surface area (Å²) < 4.78 is 0. The molecule has 0 heterocycles. The predicted octanol–water partition coefficient (Wildman–Crippen LogP) is -0.815. The smallest absolute Gasteiger partial charge is 0.328 e. The highest BCUT2D eigenvalue weighted by Crippen LogP contribution is 2.28. The lowest BCUT2D eigenvalue weighted by molar-refractivity contribution is -0.131. The van der Waals surface area contributed by atoms with Crippen LogP contribution in [-0.2, 0) is 14.4 Å². The van der Waals surface area contributed by atoms with Gasteiger partial charge in [-0.1, -0.05) is 0 Å². The molecule has 0 saturated heterocycles. The number of aliphatic carboxylic acids is 1. The van der Waals surface area contributed by atoms with Gasteiger partial charge >= 0.3 is 5.97 Å². The van der Waals surface area contributed by atoms with E-state index < -0.39 is 11.9 Å². The predicted molar refractivity (Wildman–Crippen MR) is 45.8 cm³/mol. The number of carbonyl (C=O) groups is 3. The van der Waals surface area contributed by atoms with Gasteiger partial charge in [0.05, 0.1) is 0 Å². The lowest BCUT2D eigenvalue weighted by atomic mass is 10.4. The average molecular weight is 198 g/mol. The zero-order valence-corrected chi connectivity index (χ0v) is 7.32. The lowest BCUT2D eigenvalue weighted by Crippen LogP contribution is -2.41. The van der Waals surface area contributed by atoms with Crippen molar-refractivity contribution >= 4 is 17.8 Å². The van der Waals surface area contributed by atoms with Crippen LogP contribution in [0.3, 0.4) is 0 Å². The van der Waals surface area contributed by atoms with Crippen molar-refractivity contribution in [1.29, 1.82) is 0 Å². The van der Waals surface area contributed by atoms with E-state index in [4.69, 9.17) is 5.11 Å². The maximum atomic E-state index is 11.0. The molecule has 1 saturated carbocycles. The monoisotopic (exact) mass is 198 g/mol. The molecule has 0 bridgehead atoms. The van der Waals surface area contributed by atoms with Gasteiger partial charge < -0.3 is 5.11 Å². The number of carbonyl (C=O) groups excluding carboxylic acids is 2. The van der Waals surface area contributed by atoms with Gasteiger partial charge in [-0.15, -0.1) is 0 Å². The van der Waals surface area contributed by atoms with Crippen molar-refractivity contribution in [1.82, 2.24) is 10.9 Å². The Morgan fingerprint density at radius 3 is 2.29 bits per heavy atom. The van der Waals surface area contributed by atoms with Crippen LogP contribution in [0.4, 0.5) is 0 Å². The number of hydrazine groups is 1. The molecule has 1 rings (SSSR count). The summed E-state index contributed by atoms with van der Waals surface area (Å²) in [5, 5.41) is 8.18. The quantitative estimate of drug-likeness (QED) is 0.408. The van der Waals surface area contributed by atoms with Crippen LogP contribution in [-0.4, -0.2) is 22.9 Å². The molecule has 0 aromatic heterocycles. The van der Waals surface area contributed by atoms with Crippen LogP contribution in [0.25, 0.3) is 0 Å². The first-order valence-electron chi connectivity index (χ1n) is 4.10. The molecule has 76 valence electrons. The fourth-order valence-electron chi connectivity index (χ4n) is 0.759. The Hall–Kier alpha value is -1.85. The molecule has 1 aliphatic carbocycles. The average Bonchev–Trinajstić information content (AvgIpc) is 2.93. The van der Waals surface area contributed by atoms with Crippen LogP contribution in [0.1, 0.15) is 12.8 Å². The summed E-state index contributed by atoms with van der Waals surface area (Å²) in [6.45, 7) is 0. The molecular weight excluding hydrogens is 188 g/mol. The van der Waals surface area contributed by atoms with Gasteiger partial charge in [-0.2, -0.15) is 0 Å². The second-order valence-corrected chi connectivity index (χ2v) is 2.92. The van der Waals surface area contributed by atoms with E-state index in [9.17, 15) is 14.4 Å². The summed E-state index contributed by atoms with van der Waals surface area (Å²) in [4.78, 5) is 31.8. The standard InChI is InChI=1S/C8H10N2O4/c11-6(3-4-7(12)13)9-10-8(14)5-1-2-5/h3-5H,1-2H2,(H,9,11)(H,10,14)(H,12,13). The van der Waals surface area contributed by atoms with Gasteiger partial charge in [0.1, 0.15) is 0 Å². The molecule has 3 N–H and O–H groups in total. The third-order valence-electron chi connectivity index (χ3n) is 1.63. The summed E-state index contributed by atoms with van der Waals surface area (Å²) in [6.07, 6.45) is 3.20. The molecule has 14 heavy (non-hydrogen) atoms. The van der Waals surface area contributed by atoms with Crippen LogP contribution >= 0.6 is 0 Å². The number of nitrogens with one attached hydrogen (secondary N) is 2. The van der Waals surface area contributed by atoms with E-state index in [1.165, 1.54) is 0 Å². The minimum Gasteiger partial charge on any atom is -0.478 e. The number of rotatable bonds is 3. The van der Waals surface area contributed by atoms with E-state index in [-0.39, 0.29) is 11.8 Å². The lowest BCUT2D eigenvalue weighted by Gasteiger charge is -2.02. The summed E-state index contributed by atoms with van der Waals surface area (Å²) in [5.41, 5.74) is 4.26. The largest absolute Gasteiger partial charge is 0.478 e. The highest BCUT2D eigenvalue weighted by Gasteiger charge is 2.29. The Morgan fingerprint density at radius 1 is 1.14 bits per heavy atom. The van der Waals surface area contributed by atoms with E-state index in [1.54, 1.807) is 0 Å². The summed E-state index contributed by atoms with van der Waals surface area (Å²) in [7, 11) is 0. The Kier molecular flexibility index (Phi) is 3.22. The van der Waals surface area contributed by atoms with Gasteiger partial charge in [-0.05, 0) is 12.8 Å². The normalized spacial score (nSPS) is 15.1. The van der Waals surface area contributed by atoms with E-state index in [1.807, 2.05) is 0 Å². The van der Waals surface area contributed by atoms with E-state index >= 15 is 0 Å². The SMILES string of the molecule is O=C(O)C=CC(=O)NNC(=O)C1CC1. The third kappa shape index (κ3) is 3.70. The molecule has 0 aromatic rings. The van der Waals surface area contributed by atoms with Gasteiger partial charge in [0, 0.05) is 18.1 Å². The minimum absolute atomic E-state index is 0.00115. The second-order valence-electron chi connectivity index (χ2n) is 2.92. The Balaban J connectivity index is 2.20. The molecule has 0 radical (unpaired) electrons. The van der Waals surface area contributed by atoms with Gasteiger partial charge in [0.15, 0.2) is 0 Å². The van der Waals surface area contributed by atoms with Crippen molar-refractivity contribution in [2.75, 3.05) is 0 Å². The number of hydrogen-bond donors (Lipinski definition) is 3. The summed E-state index contributed by atoms with van der Waals surface area (Å²) in [6, 6.07) is 0. The molecule has 0 aliphatic heterocycles. The van der Waals surface area contributed by atoms with Crippen molar-refractivity contribution in [2.45, 2.75) is 12.8 Å². The maximum Gasteiger partial charge on any atom is 0.328 e. The number of carboxylic acid groups (broad SMARTS) is 1. The molecule has 2 amide bonds. The Bertz CT molecular complexity index is 294. The highest BCUT2D eigenvalue weighted by atomic mass is 16.4. The van der Waals surface area contributed by atoms with Crippen LogP contribution < -0.4 is 10.9 Å². The Morgan fingerprint density at radius 2 is 1.79 bits per heavy atom. The number of amides is 2. The molecule has 0 spiro atoms. The third-order valence-corrected chi connectivity index (χ3v) is 1.63. The fourth-order valence-corrected chi connectivity index (χ4v) is 0.759. The van der Waals surface area contributed by atoms with Crippen molar-refractivity contribution in [3.63, 3.8) is 0 Å². The first-order chi connectivity index (χ1) is 6.59. The zero-order valence-electron chi connectivity index (χ0n) is 7.32. The van der Waals surface area contributed by atoms with Crippen molar-refractivity contribution < 1.29 is 19.5 Å². The van der Waals surface area contributed by atoms with Crippen LogP contribution in [0.2, 0.25) is 0 Å². The molecule has 6 heteroatoms. The van der Waals surface area contributed by atoms with Crippen LogP contribution in [0, 0.1) is 5.92 Å². The number of carboxylic acids is 1. The molecule has 1 aliphatic rings. The van der Waals surface area contributed by atoms with Crippen LogP contribution in [0.15, 0.2) is 12.2 Å². The fraction of sp³-hybridized carbons (Fsp3) is 0.375. The topological polar surface area (TPSA) is 95.5 Å². The van der Waals surface area contributed by atoms with E-state index in [2.05, 4.69) is 10.9 Å². The molecule has 0 aromatic carbocycles. The number of hydrogen-bond acceptors (Lipinski definition) is 3. The Labute approximate surface area is 79.9 Å². The molecule has 1 fully saturated rings. The van der Waals surface area contributed by atoms with Gasteiger partial charge in [-0.25, -0.2) is 4.79 Å². The van der Waals surface area contributed by atoms with E-state index in [0.717, 1.165) is 18.9 Å². The van der Waals surface area contributed by atoms with Gasteiger partial charge in [0.25, 0.3) is 5.91 Å². The van der Waals surface area contributed by atoms with Gasteiger partial charge in [0.2, 0.25) is 5.91 Å².